The molecule has 7 heteroatoms. The van der Waals surface area contributed by atoms with Gasteiger partial charge in [-0.25, -0.2) is 13.4 Å². The summed E-state index contributed by atoms with van der Waals surface area (Å²) in [6, 6.07) is 7.34. The first-order valence-corrected chi connectivity index (χ1v) is 6.91. The SMILES string of the molecule is NCCCS(=O)(=O)Nc1nc2ccccc2[nH]1. The van der Waals surface area contributed by atoms with Crippen molar-refractivity contribution in [1.29, 1.82) is 0 Å². The summed E-state index contributed by atoms with van der Waals surface area (Å²) < 4.78 is 25.6. The number of hydrogen-bond donors (Lipinski definition) is 3. The molecule has 0 radical (unpaired) electrons. The van der Waals surface area contributed by atoms with E-state index in [4.69, 9.17) is 5.73 Å². The largest absolute Gasteiger partial charge is 0.330 e. The molecule has 0 aliphatic rings. The Hall–Kier alpha value is -1.60. The van der Waals surface area contributed by atoms with E-state index in [0.29, 0.717) is 13.0 Å². The van der Waals surface area contributed by atoms with Crippen molar-refractivity contribution in [3.63, 3.8) is 0 Å². The zero-order valence-corrected chi connectivity index (χ0v) is 10.00. The molecule has 0 spiro atoms. The molecule has 0 fully saturated rings. The molecule has 1 aromatic carbocycles. The number of nitrogens with two attached hydrogens (primary N) is 1. The lowest BCUT2D eigenvalue weighted by Gasteiger charge is -2.03. The first kappa shape index (κ1) is 11.9. The number of para-hydroxylation sites is 2. The van der Waals surface area contributed by atoms with E-state index in [-0.39, 0.29) is 11.7 Å². The van der Waals surface area contributed by atoms with Crippen molar-refractivity contribution < 1.29 is 8.42 Å². The van der Waals surface area contributed by atoms with Crippen molar-refractivity contribution in [3.05, 3.63) is 24.3 Å². The summed E-state index contributed by atoms with van der Waals surface area (Å²) in [4.78, 5) is 7.02. The molecular formula is C10H14N4O2S. The molecule has 6 nitrogen and oxygen atoms in total. The van der Waals surface area contributed by atoms with Gasteiger partial charge in [-0.2, -0.15) is 0 Å². The van der Waals surface area contributed by atoms with E-state index in [1.807, 2.05) is 24.3 Å². The van der Waals surface area contributed by atoms with E-state index in [9.17, 15) is 8.42 Å². The number of rotatable bonds is 5. The topological polar surface area (TPSA) is 101 Å². The molecule has 0 atom stereocenters. The summed E-state index contributed by atoms with van der Waals surface area (Å²) in [7, 11) is -3.37. The monoisotopic (exact) mass is 254 g/mol. The van der Waals surface area contributed by atoms with Gasteiger partial charge in [-0.1, -0.05) is 12.1 Å². The normalized spacial score (nSPS) is 11.8. The number of aromatic amines is 1. The fourth-order valence-electron chi connectivity index (χ4n) is 1.47. The van der Waals surface area contributed by atoms with E-state index < -0.39 is 10.0 Å². The van der Waals surface area contributed by atoms with Crippen LogP contribution in [0.25, 0.3) is 11.0 Å². The van der Waals surface area contributed by atoms with Crippen molar-refractivity contribution in [1.82, 2.24) is 9.97 Å². The quantitative estimate of drug-likeness (QED) is 0.729. The lowest BCUT2D eigenvalue weighted by molar-refractivity contribution is 0.598. The first-order valence-electron chi connectivity index (χ1n) is 5.26. The number of nitrogens with one attached hydrogen (secondary N) is 2. The summed E-state index contributed by atoms with van der Waals surface area (Å²) in [5.74, 6) is 0.240. The Balaban J connectivity index is 2.18. The third kappa shape index (κ3) is 2.95. The van der Waals surface area contributed by atoms with Crippen LogP contribution < -0.4 is 10.5 Å². The molecule has 0 saturated carbocycles. The van der Waals surface area contributed by atoms with Crippen molar-refractivity contribution in [2.45, 2.75) is 6.42 Å². The second-order valence-electron chi connectivity index (χ2n) is 3.67. The van der Waals surface area contributed by atoms with E-state index in [1.165, 1.54) is 0 Å². The molecule has 92 valence electrons. The van der Waals surface area contributed by atoms with Crippen LogP contribution >= 0.6 is 0 Å². The van der Waals surface area contributed by atoms with Crippen LogP contribution in [0.5, 0.6) is 0 Å². The second-order valence-corrected chi connectivity index (χ2v) is 5.51. The van der Waals surface area contributed by atoms with Gasteiger partial charge in [-0.3, -0.25) is 4.72 Å². The molecule has 17 heavy (non-hydrogen) atoms. The molecular weight excluding hydrogens is 240 g/mol. The van der Waals surface area contributed by atoms with Crippen LogP contribution in [0, 0.1) is 0 Å². The summed E-state index contributed by atoms with van der Waals surface area (Å²) in [6.45, 7) is 0.348. The Labute approximate surface area is 99.3 Å². The Morgan fingerprint density at radius 1 is 1.35 bits per heavy atom. The van der Waals surface area contributed by atoms with Crippen LogP contribution in [0.3, 0.4) is 0 Å². The molecule has 0 saturated heterocycles. The van der Waals surface area contributed by atoms with E-state index in [2.05, 4.69) is 14.7 Å². The minimum atomic E-state index is -3.37. The number of benzene rings is 1. The van der Waals surface area contributed by atoms with Crippen LogP contribution in [0.2, 0.25) is 0 Å². The predicted molar refractivity (Wildman–Crippen MR) is 67.2 cm³/mol. The Kier molecular flexibility index (Phi) is 3.30. The number of fused-ring (bicyclic) bond motifs is 1. The standard InChI is InChI=1S/C10H14N4O2S/c11-6-3-7-17(15,16)14-10-12-8-4-1-2-5-9(8)13-10/h1-2,4-5H,3,6-7,11H2,(H2,12,13,14). The van der Waals surface area contributed by atoms with Gasteiger partial charge < -0.3 is 10.7 Å². The molecule has 0 unspecified atom stereocenters. The lowest BCUT2D eigenvalue weighted by atomic mass is 10.3. The van der Waals surface area contributed by atoms with Crippen molar-refractivity contribution in [2.24, 2.45) is 5.73 Å². The highest BCUT2D eigenvalue weighted by atomic mass is 32.2. The van der Waals surface area contributed by atoms with E-state index >= 15 is 0 Å². The number of hydrogen-bond acceptors (Lipinski definition) is 4. The zero-order chi connectivity index (χ0) is 12.3. The number of imidazole rings is 1. The maximum absolute atomic E-state index is 11.6. The first-order chi connectivity index (χ1) is 8.11. The molecule has 0 aliphatic carbocycles. The number of H-pyrrole nitrogens is 1. The summed E-state index contributed by atoms with van der Waals surface area (Å²) in [5, 5.41) is 0. The van der Waals surface area contributed by atoms with Gasteiger partial charge in [0.2, 0.25) is 16.0 Å². The van der Waals surface area contributed by atoms with Crippen LogP contribution in [-0.4, -0.2) is 30.7 Å². The van der Waals surface area contributed by atoms with Gasteiger partial charge >= 0.3 is 0 Å². The molecule has 0 aliphatic heterocycles. The highest BCUT2D eigenvalue weighted by Gasteiger charge is 2.12. The van der Waals surface area contributed by atoms with Crippen molar-refractivity contribution in [2.75, 3.05) is 17.0 Å². The number of nitrogens with zero attached hydrogens (tertiary/aromatic N) is 1. The van der Waals surface area contributed by atoms with Gasteiger partial charge in [0.15, 0.2) is 0 Å². The average Bonchev–Trinajstić information content (AvgIpc) is 2.67. The second kappa shape index (κ2) is 4.72. The van der Waals surface area contributed by atoms with Gasteiger partial charge in [0.1, 0.15) is 0 Å². The fourth-order valence-corrected chi connectivity index (χ4v) is 2.51. The molecule has 2 rings (SSSR count). The van der Waals surface area contributed by atoms with Crippen molar-refractivity contribution >= 4 is 27.0 Å². The Morgan fingerprint density at radius 2 is 2.12 bits per heavy atom. The summed E-state index contributed by atoms with van der Waals surface area (Å²) in [5.41, 5.74) is 6.80. The minimum Gasteiger partial charge on any atom is -0.330 e. The van der Waals surface area contributed by atoms with Crippen LogP contribution in [0.1, 0.15) is 6.42 Å². The Bertz CT molecular complexity index is 573. The maximum Gasteiger partial charge on any atom is 0.235 e. The third-order valence-corrected chi connectivity index (χ3v) is 3.59. The number of aromatic nitrogens is 2. The average molecular weight is 254 g/mol. The van der Waals surface area contributed by atoms with E-state index in [1.54, 1.807) is 0 Å². The molecule has 0 amide bonds. The van der Waals surface area contributed by atoms with Crippen LogP contribution in [0.4, 0.5) is 5.95 Å². The molecule has 4 N–H and O–H groups in total. The van der Waals surface area contributed by atoms with Crippen LogP contribution in [0.15, 0.2) is 24.3 Å². The van der Waals surface area contributed by atoms with E-state index in [0.717, 1.165) is 11.0 Å². The fraction of sp³-hybridized carbons (Fsp3) is 0.300. The Morgan fingerprint density at radius 3 is 2.82 bits per heavy atom. The molecule has 2 aromatic rings. The van der Waals surface area contributed by atoms with Gasteiger partial charge in [0.25, 0.3) is 0 Å². The summed E-state index contributed by atoms with van der Waals surface area (Å²) >= 11 is 0. The highest BCUT2D eigenvalue weighted by molar-refractivity contribution is 7.92. The minimum absolute atomic E-state index is 0.000541. The van der Waals surface area contributed by atoms with Crippen molar-refractivity contribution in [3.8, 4) is 0 Å². The van der Waals surface area contributed by atoms with Gasteiger partial charge in [-0.05, 0) is 25.1 Å². The van der Waals surface area contributed by atoms with Crippen LogP contribution in [-0.2, 0) is 10.0 Å². The number of sulfonamides is 1. The highest BCUT2D eigenvalue weighted by Crippen LogP contribution is 2.14. The van der Waals surface area contributed by atoms with Gasteiger partial charge in [0, 0.05) is 0 Å². The maximum atomic E-state index is 11.6. The third-order valence-electron chi connectivity index (χ3n) is 2.26. The zero-order valence-electron chi connectivity index (χ0n) is 9.18. The van der Waals surface area contributed by atoms with Gasteiger partial charge in [-0.15, -0.1) is 0 Å². The van der Waals surface area contributed by atoms with Gasteiger partial charge in [0.05, 0.1) is 16.8 Å². The molecule has 0 bridgehead atoms. The lowest BCUT2D eigenvalue weighted by Crippen LogP contribution is -2.19. The molecule has 1 heterocycles. The predicted octanol–water partition coefficient (Wildman–Crippen LogP) is 0.653. The smallest absolute Gasteiger partial charge is 0.235 e. The molecule has 1 aromatic heterocycles. The summed E-state index contributed by atoms with van der Waals surface area (Å²) in [6.07, 6.45) is 0.426. The number of anilines is 1.